The molecule has 12 heavy (non-hydrogen) atoms. The van der Waals surface area contributed by atoms with Gasteiger partial charge in [0, 0.05) is 11.2 Å². The second kappa shape index (κ2) is 4.78. The number of hydrazone groups is 1. The van der Waals surface area contributed by atoms with Gasteiger partial charge in [-0.1, -0.05) is 24.6 Å². The molecule has 0 saturated heterocycles. The van der Waals surface area contributed by atoms with E-state index in [4.69, 9.17) is 11.6 Å². The quantitative estimate of drug-likeness (QED) is 0.564. The highest BCUT2D eigenvalue weighted by molar-refractivity contribution is 6.30. The number of hydrogen-bond donors (Lipinski definition) is 1. The number of rotatable bonds is 3. The molecule has 0 aliphatic heterocycles. The van der Waals surface area contributed by atoms with Crippen LogP contribution in [0.2, 0.25) is 5.02 Å². The van der Waals surface area contributed by atoms with E-state index in [1.807, 2.05) is 31.2 Å². The Bertz CT molecular complexity index is 271. The maximum atomic E-state index is 5.77. The first-order chi connectivity index (χ1) is 5.83. The van der Waals surface area contributed by atoms with E-state index in [9.17, 15) is 0 Å². The average molecular weight is 183 g/mol. The Morgan fingerprint density at radius 2 is 2.42 bits per heavy atom. The maximum absolute atomic E-state index is 5.77. The number of hydrogen-bond acceptors (Lipinski definition) is 2. The fourth-order valence-corrected chi connectivity index (χ4v) is 0.960. The smallest absolute Gasteiger partial charge is 0.0576 e. The largest absolute Gasteiger partial charge is 0.279 e. The van der Waals surface area contributed by atoms with E-state index in [0.717, 1.165) is 12.1 Å². The van der Waals surface area contributed by atoms with Gasteiger partial charge in [0.15, 0.2) is 0 Å². The highest BCUT2D eigenvalue weighted by Gasteiger charge is 1.89. The van der Waals surface area contributed by atoms with Crippen molar-refractivity contribution in [2.75, 3.05) is 5.43 Å². The zero-order chi connectivity index (χ0) is 8.81. The predicted octanol–water partition coefficient (Wildman–Crippen LogP) is 3.15. The van der Waals surface area contributed by atoms with Crippen molar-refractivity contribution in [1.82, 2.24) is 0 Å². The van der Waals surface area contributed by atoms with E-state index >= 15 is 0 Å². The summed E-state index contributed by atoms with van der Waals surface area (Å²) in [5.74, 6) is 0. The summed E-state index contributed by atoms with van der Waals surface area (Å²) >= 11 is 5.77. The maximum Gasteiger partial charge on any atom is 0.0576 e. The molecule has 0 bridgehead atoms. The summed E-state index contributed by atoms with van der Waals surface area (Å²) in [5, 5.41) is 4.68. The highest BCUT2D eigenvalue weighted by atomic mass is 35.5. The van der Waals surface area contributed by atoms with Crippen molar-refractivity contribution in [2.45, 2.75) is 13.3 Å². The summed E-state index contributed by atoms with van der Waals surface area (Å²) in [6.07, 6.45) is 2.73. The Balaban J connectivity index is 2.57. The molecule has 2 nitrogen and oxygen atoms in total. The molecule has 1 aromatic carbocycles. The summed E-state index contributed by atoms with van der Waals surface area (Å²) < 4.78 is 0. The molecule has 0 heterocycles. The molecule has 1 aromatic rings. The molecule has 3 heteroatoms. The Labute approximate surface area is 77.2 Å². The molecule has 0 atom stereocenters. The van der Waals surface area contributed by atoms with Gasteiger partial charge in [-0.2, -0.15) is 5.10 Å². The first-order valence-corrected chi connectivity index (χ1v) is 4.24. The molecule has 0 saturated carbocycles. The van der Waals surface area contributed by atoms with E-state index in [1.54, 1.807) is 6.21 Å². The molecule has 64 valence electrons. The first-order valence-electron chi connectivity index (χ1n) is 3.86. The van der Waals surface area contributed by atoms with Gasteiger partial charge < -0.3 is 0 Å². The predicted molar refractivity (Wildman–Crippen MR) is 53.9 cm³/mol. The summed E-state index contributed by atoms with van der Waals surface area (Å²) in [6.45, 7) is 2.03. The summed E-state index contributed by atoms with van der Waals surface area (Å²) in [6, 6.07) is 7.45. The lowest BCUT2D eigenvalue weighted by Crippen LogP contribution is -1.87. The number of benzene rings is 1. The van der Waals surface area contributed by atoms with Crippen molar-refractivity contribution >= 4 is 23.5 Å². The molecule has 0 radical (unpaired) electrons. The molecule has 0 amide bonds. The Morgan fingerprint density at radius 1 is 1.58 bits per heavy atom. The van der Waals surface area contributed by atoms with Crippen LogP contribution in [0.4, 0.5) is 5.69 Å². The van der Waals surface area contributed by atoms with E-state index in [2.05, 4.69) is 10.5 Å². The third-order valence-electron chi connectivity index (χ3n) is 1.29. The molecule has 0 unspecified atom stereocenters. The highest BCUT2D eigenvalue weighted by Crippen LogP contribution is 2.14. The minimum absolute atomic E-state index is 0.715. The van der Waals surface area contributed by atoms with Crippen molar-refractivity contribution < 1.29 is 0 Å². The number of anilines is 1. The van der Waals surface area contributed by atoms with Crippen LogP contribution in [-0.4, -0.2) is 6.21 Å². The Hall–Kier alpha value is -1.02. The van der Waals surface area contributed by atoms with Crippen LogP contribution in [0.1, 0.15) is 13.3 Å². The molecule has 0 aliphatic rings. The number of nitrogens with zero attached hydrogens (tertiary/aromatic N) is 1. The lowest BCUT2D eigenvalue weighted by atomic mass is 10.3. The molecular formula is C9H11ClN2. The van der Waals surface area contributed by atoms with E-state index < -0.39 is 0 Å². The molecule has 0 spiro atoms. The fourth-order valence-electron chi connectivity index (χ4n) is 0.769. The monoisotopic (exact) mass is 182 g/mol. The molecule has 1 N–H and O–H groups in total. The van der Waals surface area contributed by atoms with E-state index in [-0.39, 0.29) is 0 Å². The van der Waals surface area contributed by atoms with Crippen molar-refractivity contribution in [3.05, 3.63) is 29.3 Å². The molecule has 1 rings (SSSR count). The topological polar surface area (TPSA) is 24.4 Å². The van der Waals surface area contributed by atoms with Crippen LogP contribution in [-0.2, 0) is 0 Å². The van der Waals surface area contributed by atoms with Crippen LogP contribution in [0.3, 0.4) is 0 Å². The van der Waals surface area contributed by atoms with Gasteiger partial charge in [0.2, 0.25) is 0 Å². The zero-order valence-corrected chi connectivity index (χ0v) is 7.67. The van der Waals surface area contributed by atoms with Crippen LogP contribution in [0.5, 0.6) is 0 Å². The van der Waals surface area contributed by atoms with Gasteiger partial charge in [0.25, 0.3) is 0 Å². The minimum atomic E-state index is 0.715. The molecule has 0 aliphatic carbocycles. The van der Waals surface area contributed by atoms with Gasteiger partial charge in [-0.25, -0.2) is 0 Å². The first kappa shape index (κ1) is 9.07. The number of nitrogens with one attached hydrogen (secondary N) is 1. The second-order valence-corrected chi connectivity index (χ2v) is 2.78. The molecule has 0 aromatic heterocycles. The average Bonchev–Trinajstić information content (AvgIpc) is 2.05. The van der Waals surface area contributed by atoms with E-state index in [0.29, 0.717) is 5.02 Å². The number of halogens is 1. The molecule has 0 fully saturated rings. The van der Waals surface area contributed by atoms with E-state index in [1.165, 1.54) is 0 Å². The van der Waals surface area contributed by atoms with Gasteiger partial charge >= 0.3 is 0 Å². The molecular weight excluding hydrogens is 172 g/mol. The third kappa shape index (κ3) is 2.93. The Morgan fingerprint density at radius 3 is 3.08 bits per heavy atom. The second-order valence-electron chi connectivity index (χ2n) is 2.34. The van der Waals surface area contributed by atoms with Crippen molar-refractivity contribution in [2.24, 2.45) is 5.10 Å². The van der Waals surface area contributed by atoms with Crippen LogP contribution in [0.15, 0.2) is 29.4 Å². The fraction of sp³-hybridized carbons (Fsp3) is 0.222. The van der Waals surface area contributed by atoms with Crippen molar-refractivity contribution in [1.29, 1.82) is 0 Å². The van der Waals surface area contributed by atoms with Gasteiger partial charge in [-0.15, -0.1) is 0 Å². The summed E-state index contributed by atoms with van der Waals surface area (Å²) in [7, 11) is 0. The SMILES string of the molecule is CCC=NNc1cccc(Cl)c1. The van der Waals surface area contributed by atoms with Gasteiger partial charge in [-0.3, -0.25) is 5.43 Å². The normalized spacial score (nSPS) is 10.5. The van der Waals surface area contributed by atoms with Crippen LogP contribution in [0, 0.1) is 0 Å². The van der Waals surface area contributed by atoms with Gasteiger partial charge in [-0.05, 0) is 24.6 Å². The summed E-state index contributed by atoms with van der Waals surface area (Å²) in [4.78, 5) is 0. The van der Waals surface area contributed by atoms with Crippen LogP contribution < -0.4 is 5.43 Å². The van der Waals surface area contributed by atoms with Crippen LogP contribution in [0.25, 0.3) is 0 Å². The minimum Gasteiger partial charge on any atom is -0.279 e. The van der Waals surface area contributed by atoms with Crippen molar-refractivity contribution in [3.8, 4) is 0 Å². The van der Waals surface area contributed by atoms with Crippen molar-refractivity contribution in [3.63, 3.8) is 0 Å². The summed E-state index contributed by atoms with van der Waals surface area (Å²) in [5.41, 5.74) is 3.78. The Kier molecular flexibility index (Phi) is 3.61. The standard InChI is InChI=1S/C9H11ClN2/c1-2-6-11-12-9-5-3-4-8(10)7-9/h3-7,12H,2H2,1H3. The lowest BCUT2D eigenvalue weighted by molar-refractivity contribution is 1.27. The lowest BCUT2D eigenvalue weighted by Gasteiger charge is -1.98. The van der Waals surface area contributed by atoms with Gasteiger partial charge in [0.1, 0.15) is 0 Å². The van der Waals surface area contributed by atoms with Gasteiger partial charge in [0.05, 0.1) is 5.69 Å². The third-order valence-corrected chi connectivity index (χ3v) is 1.53. The van der Waals surface area contributed by atoms with Crippen LogP contribution >= 0.6 is 11.6 Å². The zero-order valence-electron chi connectivity index (χ0n) is 6.92.